The van der Waals surface area contributed by atoms with Gasteiger partial charge in [0.2, 0.25) is 0 Å². The first-order chi connectivity index (χ1) is 16.7. The van der Waals surface area contributed by atoms with Gasteiger partial charge in [-0.05, 0) is 55.8 Å². The highest BCUT2D eigenvalue weighted by molar-refractivity contribution is 5.97. The molecule has 0 atom stereocenters. The molecule has 1 saturated heterocycles. The first kappa shape index (κ1) is 31.0. The number of carbonyl (C=O) groups is 1. The van der Waals surface area contributed by atoms with Gasteiger partial charge in [0, 0.05) is 37.8 Å². The Morgan fingerprint density at radius 2 is 1.68 bits per heavy atom. The van der Waals surface area contributed by atoms with Crippen LogP contribution in [-0.2, 0) is 6.42 Å². The molecule has 188 valence electrons. The summed E-state index contributed by atoms with van der Waals surface area (Å²) >= 11 is 0. The quantitative estimate of drug-likeness (QED) is 0.361. The number of carbonyl (C=O) groups excluding carboxylic acids is 1. The van der Waals surface area contributed by atoms with E-state index in [9.17, 15) is 4.79 Å². The van der Waals surface area contributed by atoms with Crippen LogP contribution in [0, 0.1) is 11.8 Å². The molecule has 1 aliphatic heterocycles. The van der Waals surface area contributed by atoms with Gasteiger partial charge in [0.25, 0.3) is 0 Å². The lowest BCUT2D eigenvalue weighted by atomic mass is 10.0. The second-order valence-electron chi connectivity index (χ2n) is 6.85. The lowest BCUT2D eigenvalue weighted by Gasteiger charge is -2.15. The first-order valence-corrected chi connectivity index (χ1v) is 12.7. The molecule has 34 heavy (non-hydrogen) atoms. The summed E-state index contributed by atoms with van der Waals surface area (Å²) in [5, 5.41) is 0. The molecule has 1 heterocycles. The van der Waals surface area contributed by atoms with Gasteiger partial charge >= 0.3 is 0 Å². The monoisotopic (exact) mass is 468 g/mol. The first-order valence-electron chi connectivity index (χ1n) is 12.7. The van der Waals surface area contributed by atoms with Crippen molar-refractivity contribution in [1.29, 1.82) is 0 Å². The second kappa shape index (κ2) is 20.6. The van der Waals surface area contributed by atoms with E-state index in [4.69, 9.17) is 10.5 Å². The standard InChI is InChI=1S/C24H26N2O2.3C2H6.H2/c25-13-2-1-6-20-7-5-8-22(18-20)24(27)19-21-9-11-23(12-10-21)28-17-16-26-14-3-4-15-26;3*1-2;/h2,5,7-13,18H,3-4,14-17,19,25H2;3*1-2H3;1H/b13-2+;;;;/i;;;;1+2. The van der Waals surface area contributed by atoms with E-state index in [2.05, 4.69) is 16.7 Å². The van der Waals surface area contributed by atoms with Crippen LogP contribution in [0.15, 0.2) is 60.8 Å². The summed E-state index contributed by atoms with van der Waals surface area (Å²) in [4.78, 5) is 15.0. The molecule has 0 spiro atoms. The molecule has 2 aromatic rings. The number of hydrogen-bond acceptors (Lipinski definition) is 4. The van der Waals surface area contributed by atoms with Gasteiger partial charge in [0.05, 0.1) is 0 Å². The van der Waals surface area contributed by atoms with Gasteiger partial charge in [-0.25, -0.2) is 0 Å². The number of hydrogen-bond donors (Lipinski definition) is 1. The minimum absolute atomic E-state index is 0. The molecule has 0 amide bonds. The number of allylic oxidation sites excluding steroid dienone is 1. The predicted molar refractivity (Wildman–Crippen MR) is 148 cm³/mol. The van der Waals surface area contributed by atoms with E-state index >= 15 is 0 Å². The summed E-state index contributed by atoms with van der Waals surface area (Å²) < 4.78 is 5.82. The molecule has 1 aliphatic rings. The summed E-state index contributed by atoms with van der Waals surface area (Å²) in [6.45, 7) is 16.0. The average Bonchev–Trinajstić information content (AvgIpc) is 3.43. The summed E-state index contributed by atoms with van der Waals surface area (Å²) in [5.41, 5.74) is 7.70. The topological polar surface area (TPSA) is 55.6 Å². The highest BCUT2D eigenvalue weighted by Gasteiger charge is 2.11. The van der Waals surface area contributed by atoms with E-state index in [1.54, 1.807) is 6.08 Å². The number of rotatable bonds is 7. The Kier molecular flexibility index (Phi) is 18.7. The van der Waals surface area contributed by atoms with Gasteiger partial charge in [-0.2, -0.15) is 0 Å². The Morgan fingerprint density at radius 1 is 1.03 bits per heavy atom. The van der Waals surface area contributed by atoms with Crippen LogP contribution >= 0.6 is 0 Å². The van der Waals surface area contributed by atoms with Crippen LogP contribution in [0.2, 0.25) is 0 Å². The van der Waals surface area contributed by atoms with E-state index in [1.165, 1.54) is 32.1 Å². The van der Waals surface area contributed by atoms with E-state index in [0.717, 1.165) is 23.4 Å². The number of likely N-dealkylation sites (tertiary alicyclic amines) is 1. The molecule has 3 rings (SSSR count). The number of nitrogens with zero attached hydrogens (tertiary/aromatic N) is 1. The van der Waals surface area contributed by atoms with Crippen LogP contribution < -0.4 is 10.5 Å². The molecular formula is C30H46N2O2. The third-order valence-electron chi connectivity index (χ3n) is 4.74. The van der Waals surface area contributed by atoms with E-state index in [1.807, 2.05) is 90.1 Å². The normalized spacial score (nSPS) is 12.1. The minimum atomic E-state index is 0. The zero-order chi connectivity index (χ0) is 25.6. The van der Waals surface area contributed by atoms with Gasteiger partial charge in [-0.1, -0.05) is 77.6 Å². The molecule has 4 heteroatoms. The number of ether oxygens (including phenoxy) is 1. The molecule has 0 aliphatic carbocycles. The van der Waals surface area contributed by atoms with Crippen LogP contribution in [0.5, 0.6) is 5.75 Å². The van der Waals surface area contributed by atoms with Crippen molar-refractivity contribution >= 4 is 5.78 Å². The fraction of sp³-hybridized carbons (Fsp3) is 0.433. The minimum Gasteiger partial charge on any atom is -0.492 e. The maximum atomic E-state index is 12.6. The molecule has 0 unspecified atom stereocenters. The molecule has 2 aromatic carbocycles. The molecule has 2 N–H and O–H groups in total. The SMILES string of the molecule is CC.CC.CC.N/C=C/C#Cc1cccc(C(=O)Cc2ccc(OCCN3CCCC3)cc2)c1.[3HH]. The van der Waals surface area contributed by atoms with Crippen LogP contribution in [0.3, 0.4) is 0 Å². The third-order valence-corrected chi connectivity index (χ3v) is 4.74. The summed E-state index contributed by atoms with van der Waals surface area (Å²) in [6, 6.07) is 15.2. The molecule has 0 bridgehead atoms. The Hall–Kier alpha value is -3.03. The van der Waals surface area contributed by atoms with Gasteiger partial charge in [0.15, 0.2) is 5.78 Å². The van der Waals surface area contributed by atoms with Crippen LogP contribution in [-0.4, -0.2) is 36.9 Å². The Morgan fingerprint density at radius 3 is 2.29 bits per heavy atom. The smallest absolute Gasteiger partial charge is 0.167 e. The highest BCUT2D eigenvalue weighted by Crippen LogP contribution is 2.15. The average molecular weight is 469 g/mol. The second-order valence-corrected chi connectivity index (χ2v) is 6.85. The zero-order valence-electron chi connectivity index (χ0n) is 22.1. The number of ketones is 1. The van der Waals surface area contributed by atoms with Gasteiger partial charge in [-0.15, -0.1) is 0 Å². The molecular weight excluding hydrogens is 420 g/mol. The van der Waals surface area contributed by atoms with Crippen molar-refractivity contribution in [1.82, 2.24) is 4.90 Å². The van der Waals surface area contributed by atoms with Crippen molar-refractivity contribution in [3.05, 3.63) is 77.5 Å². The third kappa shape index (κ3) is 12.3. The summed E-state index contributed by atoms with van der Waals surface area (Å²) in [7, 11) is 0. The predicted octanol–water partition coefficient (Wildman–Crippen LogP) is 6.74. The van der Waals surface area contributed by atoms with Gasteiger partial charge in [-0.3, -0.25) is 9.69 Å². The van der Waals surface area contributed by atoms with Crippen molar-refractivity contribution in [2.75, 3.05) is 26.2 Å². The lowest BCUT2D eigenvalue weighted by Crippen LogP contribution is -2.25. The summed E-state index contributed by atoms with van der Waals surface area (Å²) in [5.74, 6) is 6.70. The number of Topliss-reactive ketones (excluding diaryl/α,β-unsaturated/α-hetero) is 1. The zero-order valence-corrected chi connectivity index (χ0v) is 22.1. The fourth-order valence-corrected chi connectivity index (χ4v) is 3.23. The van der Waals surface area contributed by atoms with E-state index in [-0.39, 0.29) is 7.21 Å². The highest BCUT2D eigenvalue weighted by atomic mass is 16.5. The summed E-state index contributed by atoms with van der Waals surface area (Å²) in [6.07, 6.45) is 5.91. The lowest BCUT2D eigenvalue weighted by molar-refractivity contribution is 0.0993. The van der Waals surface area contributed by atoms with E-state index < -0.39 is 0 Å². The number of nitrogens with two attached hydrogens (primary N) is 1. The molecule has 0 aromatic heterocycles. The van der Waals surface area contributed by atoms with Crippen molar-refractivity contribution in [3.8, 4) is 17.6 Å². The molecule has 0 radical (unpaired) electrons. The van der Waals surface area contributed by atoms with Gasteiger partial charge < -0.3 is 10.5 Å². The largest absolute Gasteiger partial charge is 0.492 e. The molecule has 1 fully saturated rings. The van der Waals surface area contributed by atoms with Gasteiger partial charge in [0.1, 0.15) is 12.4 Å². The Bertz CT molecular complexity index is 877. The van der Waals surface area contributed by atoms with Crippen molar-refractivity contribution in [3.63, 3.8) is 0 Å². The fourth-order valence-electron chi connectivity index (χ4n) is 3.23. The number of benzene rings is 2. The molecule has 4 nitrogen and oxygen atoms in total. The van der Waals surface area contributed by atoms with Crippen LogP contribution in [0.1, 0.15) is 77.3 Å². The van der Waals surface area contributed by atoms with Crippen LogP contribution in [0.4, 0.5) is 0 Å². The Labute approximate surface area is 209 Å². The molecule has 0 saturated carbocycles. The van der Waals surface area contributed by atoms with Crippen LogP contribution in [0.25, 0.3) is 0 Å². The van der Waals surface area contributed by atoms with Crippen molar-refractivity contribution < 1.29 is 11.0 Å². The maximum Gasteiger partial charge on any atom is 0.167 e. The maximum absolute atomic E-state index is 12.6. The Balaban J connectivity index is 0. The van der Waals surface area contributed by atoms with E-state index in [0.29, 0.717) is 18.6 Å². The van der Waals surface area contributed by atoms with Crippen molar-refractivity contribution in [2.45, 2.75) is 60.8 Å². The van der Waals surface area contributed by atoms with Crippen molar-refractivity contribution in [2.24, 2.45) is 5.73 Å².